The summed E-state index contributed by atoms with van der Waals surface area (Å²) in [4.78, 5) is 20.2. The number of anilines is 2. The van der Waals surface area contributed by atoms with Crippen LogP contribution in [0.15, 0.2) is 35.5 Å². The molecule has 1 atom stereocenters. The van der Waals surface area contributed by atoms with Crippen molar-refractivity contribution in [3.05, 3.63) is 53.1 Å². The Morgan fingerprint density at radius 3 is 2.50 bits per heavy atom. The first-order chi connectivity index (χ1) is 15.0. The molecule has 1 aromatic carbocycles. The van der Waals surface area contributed by atoms with Gasteiger partial charge in [-0.05, 0) is 31.2 Å². The highest BCUT2D eigenvalue weighted by atomic mass is 19.3. The number of aliphatic imine (C=N–C) groups is 1. The first kappa shape index (κ1) is 23.4. The minimum Gasteiger partial charge on any atom is -0.397 e. The fourth-order valence-corrected chi connectivity index (χ4v) is 3.15. The monoisotopic (exact) mass is 457 g/mol. The van der Waals surface area contributed by atoms with Crippen molar-refractivity contribution in [2.75, 3.05) is 31.0 Å². The van der Waals surface area contributed by atoms with Gasteiger partial charge < -0.3 is 21.5 Å². The predicted octanol–water partition coefficient (Wildman–Crippen LogP) is 3.27. The summed E-state index contributed by atoms with van der Waals surface area (Å²) >= 11 is 0. The van der Waals surface area contributed by atoms with E-state index in [2.05, 4.69) is 15.3 Å². The molecule has 5 N–H and O–H groups in total. The first-order valence-corrected chi connectivity index (χ1v) is 9.32. The van der Waals surface area contributed by atoms with Gasteiger partial charge in [0.1, 0.15) is 30.5 Å². The number of ether oxygens (including phenoxy) is 1. The summed E-state index contributed by atoms with van der Waals surface area (Å²) in [7, 11) is 0. The zero-order valence-corrected chi connectivity index (χ0v) is 16.8. The van der Waals surface area contributed by atoms with E-state index in [1.54, 1.807) is 0 Å². The maximum absolute atomic E-state index is 14.6. The minimum atomic E-state index is -2.80. The average molecular weight is 457 g/mol. The highest BCUT2D eigenvalue weighted by molar-refractivity contribution is 6.06. The van der Waals surface area contributed by atoms with Gasteiger partial charge in [-0.25, -0.2) is 26.9 Å². The van der Waals surface area contributed by atoms with Gasteiger partial charge in [-0.2, -0.15) is 0 Å². The molecule has 0 aliphatic carbocycles. The quantitative estimate of drug-likeness (QED) is 0.576. The molecule has 12 heteroatoms. The normalized spacial score (nSPS) is 20.2. The van der Waals surface area contributed by atoms with Crippen LogP contribution in [0.1, 0.15) is 35.0 Å². The molecule has 2 heterocycles. The highest BCUT2D eigenvalue weighted by Crippen LogP contribution is 2.36. The number of nitrogens with zero attached hydrogens (tertiary/aromatic N) is 2. The summed E-state index contributed by atoms with van der Waals surface area (Å²) in [5, 5.41) is 2.45. The smallest absolute Gasteiger partial charge is 0.276 e. The molecule has 0 radical (unpaired) electrons. The molecule has 0 saturated heterocycles. The van der Waals surface area contributed by atoms with Crippen LogP contribution in [0.25, 0.3) is 0 Å². The SMILES string of the molecule is C[C@@]1(c2cc(NC(=O)c3ncc(C(F)F)cc3N)ccc2F)COC(CF)(CF)C(N)=N1. The van der Waals surface area contributed by atoms with E-state index in [1.165, 1.54) is 19.1 Å². The van der Waals surface area contributed by atoms with Crippen LogP contribution >= 0.6 is 0 Å². The number of benzene rings is 1. The summed E-state index contributed by atoms with van der Waals surface area (Å²) in [6.45, 7) is -1.41. The van der Waals surface area contributed by atoms with E-state index < -0.39 is 54.0 Å². The Kier molecular flexibility index (Phi) is 6.35. The van der Waals surface area contributed by atoms with Crippen LogP contribution in [-0.4, -0.2) is 42.3 Å². The summed E-state index contributed by atoms with van der Waals surface area (Å²) < 4.78 is 71.9. The number of alkyl halides is 4. The number of carbonyl (C=O) groups is 1. The van der Waals surface area contributed by atoms with Gasteiger partial charge in [0.25, 0.3) is 12.3 Å². The summed E-state index contributed by atoms with van der Waals surface area (Å²) in [6.07, 6.45) is -1.98. The predicted molar refractivity (Wildman–Crippen MR) is 108 cm³/mol. The minimum absolute atomic E-state index is 0.0569. The molecule has 1 aliphatic rings. The number of aromatic nitrogens is 1. The number of hydrogen-bond acceptors (Lipinski definition) is 6. The van der Waals surface area contributed by atoms with Crippen molar-refractivity contribution in [1.82, 2.24) is 4.98 Å². The van der Waals surface area contributed by atoms with Gasteiger partial charge in [0.15, 0.2) is 11.3 Å². The number of halogens is 5. The lowest BCUT2D eigenvalue weighted by Gasteiger charge is -2.39. The van der Waals surface area contributed by atoms with Gasteiger partial charge in [0, 0.05) is 23.0 Å². The molecular formula is C20H20F5N5O2. The van der Waals surface area contributed by atoms with Crippen molar-refractivity contribution in [2.45, 2.75) is 24.5 Å². The third-order valence-corrected chi connectivity index (χ3v) is 5.11. The molecule has 172 valence electrons. The Bertz CT molecular complexity index is 1060. The second-order valence-corrected chi connectivity index (χ2v) is 7.48. The molecule has 32 heavy (non-hydrogen) atoms. The van der Waals surface area contributed by atoms with E-state index in [-0.39, 0.29) is 29.2 Å². The topological polar surface area (TPSA) is 116 Å². The third-order valence-electron chi connectivity index (χ3n) is 5.11. The number of hydrogen-bond donors (Lipinski definition) is 3. The van der Waals surface area contributed by atoms with Crippen LogP contribution in [0.2, 0.25) is 0 Å². The Morgan fingerprint density at radius 1 is 1.25 bits per heavy atom. The third kappa shape index (κ3) is 4.22. The Hall–Kier alpha value is -3.28. The number of rotatable bonds is 6. The lowest BCUT2D eigenvalue weighted by atomic mass is 9.89. The van der Waals surface area contributed by atoms with Gasteiger partial charge in [-0.15, -0.1) is 0 Å². The van der Waals surface area contributed by atoms with E-state index in [9.17, 15) is 26.7 Å². The van der Waals surface area contributed by atoms with Crippen LogP contribution in [0.5, 0.6) is 0 Å². The molecule has 0 bridgehead atoms. The molecule has 7 nitrogen and oxygen atoms in total. The molecule has 3 rings (SSSR count). The first-order valence-electron chi connectivity index (χ1n) is 9.32. The van der Waals surface area contributed by atoms with E-state index >= 15 is 0 Å². The van der Waals surface area contributed by atoms with E-state index in [0.717, 1.165) is 18.3 Å². The molecule has 0 fully saturated rings. The maximum atomic E-state index is 14.6. The van der Waals surface area contributed by atoms with E-state index in [1.807, 2.05) is 0 Å². The van der Waals surface area contributed by atoms with Crippen LogP contribution in [0, 0.1) is 5.82 Å². The average Bonchev–Trinajstić information content (AvgIpc) is 2.75. The molecule has 0 saturated carbocycles. The number of carbonyl (C=O) groups excluding carboxylic acids is 1. The molecule has 0 spiro atoms. The lowest BCUT2D eigenvalue weighted by molar-refractivity contribution is -0.0575. The fraction of sp³-hybridized carbons (Fsp3) is 0.350. The zero-order chi connectivity index (χ0) is 23.7. The number of nitrogens with one attached hydrogen (secondary N) is 1. The molecular weight excluding hydrogens is 437 g/mol. The molecule has 1 aliphatic heterocycles. The second-order valence-electron chi connectivity index (χ2n) is 7.48. The fourth-order valence-electron chi connectivity index (χ4n) is 3.15. The summed E-state index contributed by atoms with van der Waals surface area (Å²) in [6, 6.07) is 4.47. The van der Waals surface area contributed by atoms with Gasteiger partial charge in [0.05, 0.1) is 12.3 Å². The van der Waals surface area contributed by atoms with E-state index in [0.29, 0.717) is 0 Å². The van der Waals surface area contributed by atoms with Crippen molar-refractivity contribution >= 4 is 23.1 Å². The number of pyridine rings is 1. The van der Waals surface area contributed by atoms with Crippen LogP contribution < -0.4 is 16.8 Å². The van der Waals surface area contributed by atoms with Crippen molar-refractivity contribution in [2.24, 2.45) is 10.7 Å². The molecule has 2 aromatic rings. The van der Waals surface area contributed by atoms with Crippen LogP contribution in [0.4, 0.5) is 33.3 Å². The standard InChI is InChI=1S/C20H20F5N5O2/c1-19(9-32-20(7-21,8-22)18(27)30-19)12-5-11(2-3-13(12)23)29-17(31)15-14(26)4-10(6-28-15)16(24)25/h2-6,16H,7-9,26H2,1H3,(H2,27,30)(H,29,31)/t19-/m0/s1. The largest absolute Gasteiger partial charge is 0.397 e. The van der Waals surface area contributed by atoms with Gasteiger partial charge in [-0.1, -0.05) is 0 Å². The summed E-state index contributed by atoms with van der Waals surface area (Å²) in [5.74, 6) is -2.00. The van der Waals surface area contributed by atoms with Crippen molar-refractivity contribution in [3.8, 4) is 0 Å². The summed E-state index contributed by atoms with van der Waals surface area (Å²) in [5.41, 5.74) is 6.96. The Morgan fingerprint density at radius 2 is 1.94 bits per heavy atom. The van der Waals surface area contributed by atoms with Crippen molar-refractivity contribution in [3.63, 3.8) is 0 Å². The Balaban J connectivity index is 1.90. The van der Waals surface area contributed by atoms with Gasteiger partial charge in [-0.3, -0.25) is 9.79 Å². The van der Waals surface area contributed by atoms with Gasteiger partial charge in [0.2, 0.25) is 0 Å². The molecule has 1 aromatic heterocycles. The molecule has 1 amide bonds. The van der Waals surface area contributed by atoms with Crippen molar-refractivity contribution < 1.29 is 31.5 Å². The maximum Gasteiger partial charge on any atom is 0.276 e. The zero-order valence-electron chi connectivity index (χ0n) is 16.8. The second kappa shape index (κ2) is 8.69. The van der Waals surface area contributed by atoms with Crippen LogP contribution in [0.3, 0.4) is 0 Å². The van der Waals surface area contributed by atoms with Gasteiger partial charge >= 0.3 is 0 Å². The lowest BCUT2D eigenvalue weighted by Crippen LogP contribution is -2.56. The Labute approximate surface area is 179 Å². The highest BCUT2D eigenvalue weighted by Gasteiger charge is 2.45. The number of amidine groups is 1. The van der Waals surface area contributed by atoms with E-state index in [4.69, 9.17) is 16.2 Å². The van der Waals surface area contributed by atoms with Crippen LogP contribution in [-0.2, 0) is 10.3 Å². The molecule has 0 unspecified atom stereocenters. The number of amides is 1. The number of nitrogen functional groups attached to an aromatic ring is 1. The number of nitrogens with two attached hydrogens (primary N) is 2. The van der Waals surface area contributed by atoms with Crippen molar-refractivity contribution in [1.29, 1.82) is 0 Å².